The Balaban J connectivity index is 1.13. The zero-order chi connectivity index (χ0) is 33.8. The van der Waals surface area contributed by atoms with E-state index in [-0.39, 0.29) is 54.7 Å². The van der Waals surface area contributed by atoms with Crippen LogP contribution >= 0.6 is 21.6 Å². The molecule has 1 aliphatic rings. The van der Waals surface area contributed by atoms with Crippen molar-refractivity contribution in [3.63, 3.8) is 0 Å². The van der Waals surface area contributed by atoms with Crippen LogP contribution in [0.3, 0.4) is 0 Å². The first-order valence-corrected chi connectivity index (χ1v) is 18.0. The normalized spacial score (nSPS) is 17.4. The molecule has 1 heterocycles. The van der Waals surface area contributed by atoms with Gasteiger partial charge in [-0.25, -0.2) is 4.63 Å². The predicted molar refractivity (Wildman–Crippen MR) is 182 cm³/mol. The molecule has 2 aromatic carbocycles. The van der Waals surface area contributed by atoms with E-state index in [9.17, 15) is 19.2 Å². The zero-order valence-corrected chi connectivity index (χ0v) is 28.9. The molecule has 0 aliphatic heterocycles. The Morgan fingerprint density at radius 2 is 1.68 bits per heavy atom. The van der Waals surface area contributed by atoms with Gasteiger partial charge in [-0.3, -0.25) is 19.2 Å². The maximum atomic E-state index is 13.0. The molecule has 0 radical (unpaired) electrons. The van der Waals surface area contributed by atoms with Gasteiger partial charge in [0.2, 0.25) is 6.41 Å². The summed E-state index contributed by atoms with van der Waals surface area (Å²) < 4.78 is 15.9. The van der Waals surface area contributed by atoms with Crippen molar-refractivity contribution in [2.75, 3.05) is 20.7 Å². The van der Waals surface area contributed by atoms with Gasteiger partial charge in [-0.15, -0.1) is 0 Å². The Morgan fingerprint density at radius 3 is 2.40 bits per heavy atom. The van der Waals surface area contributed by atoms with E-state index in [0.29, 0.717) is 42.3 Å². The van der Waals surface area contributed by atoms with Gasteiger partial charge in [0, 0.05) is 60.8 Å². The fourth-order valence-electron chi connectivity index (χ4n) is 5.26. The Morgan fingerprint density at radius 1 is 0.979 bits per heavy atom. The van der Waals surface area contributed by atoms with Gasteiger partial charge >= 0.3 is 11.9 Å². The van der Waals surface area contributed by atoms with Crippen molar-refractivity contribution in [3.8, 4) is 0 Å². The van der Waals surface area contributed by atoms with Crippen LogP contribution in [-0.4, -0.2) is 77.2 Å². The number of allylic oxidation sites excluding steroid dienone is 1. The summed E-state index contributed by atoms with van der Waals surface area (Å²) in [6.07, 6.45) is 4.40. The molecule has 13 heteroatoms. The number of benzene rings is 2. The summed E-state index contributed by atoms with van der Waals surface area (Å²) in [6, 6.07) is 15.3. The van der Waals surface area contributed by atoms with Crippen molar-refractivity contribution in [1.29, 1.82) is 0 Å². The zero-order valence-electron chi connectivity index (χ0n) is 27.3. The topological polar surface area (TPSA) is 132 Å². The molecule has 3 aromatic rings. The monoisotopic (exact) mass is 682 g/mol. The molecular formula is C34H42N4O7S2. The Hall–Kier alpha value is -3.84. The van der Waals surface area contributed by atoms with Gasteiger partial charge in [0.05, 0.1) is 6.61 Å². The lowest BCUT2D eigenvalue weighted by Gasteiger charge is -2.34. The molecule has 0 bridgehead atoms. The third-order valence-corrected chi connectivity index (χ3v) is 11.4. The van der Waals surface area contributed by atoms with Crippen LogP contribution in [0.15, 0.2) is 63.8 Å². The van der Waals surface area contributed by atoms with Crippen molar-refractivity contribution in [2.45, 2.75) is 82.6 Å². The van der Waals surface area contributed by atoms with Crippen LogP contribution in [0.25, 0.3) is 11.0 Å². The molecule has 11 nitrogen and oxygen atoms in total. The summed E-state index contributed by atoms with van der Waals surface area (Å²) in [5.41, 5.74) is 3.67. The molecule has 1 fully saturated rings. The Kier molecular flexibility index (Phi) is 13.7. The van der Waals surface area contributed by atoms with Crippen molar-refractivity contribution in [1.82, 2.24) is 20.1 Å². The SMILES string of the molecule is C/C(=C(\CCOC(=O)CCCC(=O)OC1CCC(N(C)C(=O)c2ccc3nonc3c2)CC1)SSC(C)c1ccccc1)N(C)C=O. The average molecular weight is 683 g/mol. The summed E-state index contributed by atoms with van der Waals surface area (Å²) in [7, 11) is 6.76. The van der Waals surface area contributed by atoms with Gasteiger partial charge < -0.3 is 19.3 Å². The van der Waals surface area contributed by atoms with Gasteiger partial charge in [-0.2, -0.15) is 0 Å². The van der Waals surface area contributed by atoms with Gasteiger partial charge in [0.1, 0.15) is 17.1 Å². The Labute approximate surface area is 283 Å². The van der Waals surface area contributed by atoms with Gasteiger partial charge in [-0.1, -0.05) is 51.9 Å². The molecule has 47 heavy (non-hydrogen) atoms. The first kappa shape index (κ1) is 36.0. The number of hydrogen-bond donors (Lipinski definition) is 0. The highest BCUT2D eigenvalue weighted by atomic mass is 33.1. The minimum absolute atomic E-state index is 0.0422. The molecule has 252 valence electrons. The van der Waals surface area contributed by atoms with Crippen LogP contribution in [0, 0.1) is 0 Å². The molecule has 1 aromatic heterocycles. The summed E-state index contributed by atoms with van der Waals surface area (Å²) >= 11 is 0. The molecule has 0 N–H and O–H groups in total. The molecule has 4 rings (SSSR count). The predicted octanol–water partition coefficient (Wildman–Crippen LogP) is 6.72. The van der Waals surface area contributed by atoms with E-state index in [1.165, 1.54) is 10.5 Å². The van der Waals surface area contributed by atoms with E-state index in [0.717, 1.165) is 29.9 Å². The summed E-state index contributed by atoms with van der Waals surface area (Å²) in [5, 5.41) is 7.82. The van der Waals surface area contributed by atoms with Crippen LogP contribution < -0.4 is 0 Å². The number of carbonyl (C=O) groups excluding carboxylic acids is 4. The molecule has 0 spiro atoms. The standard InChI is InChI=1S/C34H42N4O7S2/c1-23(37(3)22-39)31(47-46-24(2)25-9-6-5-7-10-25)19-20-43-32(40)11-8-12-33(41)44-28-16-14-27(15-17-28)38(4)34(42)26-13-18-29-30(21-26)36-45-35-29/h5-7,9-10,13,18,21-22,24,27-28H,8,11-12,14-17,19-20H2,1-4H3/b31-23-. The van der Waals surface area contributed by atoms with Crippen LogP contribution in [-0.2, 0) is 23.9 Å². The van der Waals surface area contributed by atoms with Crippen molar-refractivity contribution < 1.29 is 33.3 Å². The van der Waals surface area contributed by atoms with Crippen LogP contribution in [0.4, 0.5) is 0 Å². The number of esters is 2. The highest BCUT2D eigenvalue weighted by Gasteiger charge is 2.29. The quantitative estimate of drug-likeness (QED) is 0.0907. The summed E-state index contributed by atoms with van der Waals surface area (Å²) in [5.74, 6) is -0.812. The van der Waals surface area contributed by atoms with Crippen molar-refractivity contribution in [3.05, 3.63) is 70.3 Å². The number of carbonyl (C=O) groups is 4. The van der Waals surface area contributed by atoms with Crippen molar-refractivity contribution >= 4 is 56.9 Å². The number of rotatable bonds is 16. The molecule has 1 saturated carbocycles. The largest absolute Gasteiger partial charge is 0.465 e. The number of nitrogens with zero attached hydrogens (tertiary/aromatic N) is 4. The molecule has 0 saturated heterocycles. The second-order valence-electron chi connectivity index (χ2n) is 11.6. The summed E-state index contributed by atoms with van der Waals surface area (Å²) in [4.78, 5) is 53.5. The van der Waals surface area contributed by atoms with E-state index < -0.39 is 0 Å². The first-order valence-electron chi connectivity index (χ1n) is 15.8. The van der Waals surface area contributed by atoms with E-state index in [1.54, 1.807) is 58.8 Å². The van der Waals surface area contributed by atoms with Gasteiger partial charge in [0.25, 0.3) is 5.91 Å². The number of hydrogen-bond acceptors (Lipinski definition) is 11. The minimum atomic E-state index is -0.374. The van der Waals surface area contributed by atoms with Crippen LogP contribution in [0.5, 0.6) is 0 Å². The molecule has 1 unspecified atom stereocenters. The smallest absolute Gasteiger partial charge is 0.306 e. The molecular weight excluding hydrogens is 641 g/mol. The Bertz CT molecular complexity index is 1540. The van der Waals surface area contributed by atoms with Crippen molar-refractivity contribution in [2.24, 2.45) is 0 Å². The number of ether oxygens (including phenoxy) is 2. The fourth-order valence-corrected chi connectivity index (χ4v) is 7.94. The van der Waals surface area contributed by atoms with E-state index in [1.807, 2.05) is 25.1 Å². The van der Waals surface area contributed by atoms with E-state index in [2.05, 4.69) is 29.4 Å². The lowest BCUT2D eigenvalue weighted by molar-refractivity contribution is -0.151. The number of aromatic nitrogens is 2. The maximum Gasteiger partial charge on any atom is 0.306 e. The van der Waals surface area contributed by atoms with E-state index >= 15 is 0 Å². The fraction of sp³-hybridized carbons (Fsp3) is 0.471. The maximum absolute atomic E-state index is 13.0. The first-order chi connectivity index (χ1) is 22.7. The van der Waals surface area contributed by atoms with Gasteiger partial charge in [-0.05, 0) is 80.0 Å². The molecule has 1 atom stereocenters. The van der Waals surface area contributed by atoms with Crippen LogP contribution in [0.2, 0.25) is 0 Å². The second-order valence-corrected chi connectivity index (χ2v) is 14.2. The minimum Gasteiger partial charge on any atom is -0.465 e. The van der Waals surface area contributed by atoms with Gasteiger partial charge in [0.15, 0.2) is 0 Å². The highest BCUT2D eigenvalue weighted by Crippen LogP contribution is 2.44. The number of amides is 2. The van der Waals surface area contributed by atoms with E-state index in [4.69, 9.17) is 14.1 Å². The molecule has 2 amide bonds. The third-order valence-electron chi connectivity index (χ3n) is 8.32. The third kappa shape index (κ3) is 10.6. The lowest BCUT2D eigenvalue weighted by Crippen LogP contribution is -2.41. The number of fused-ring (bicyclic) bond motifs is 1. The molecule has 1 aliphatic carbocycles. The average Bonchev–Trinajstić information content (AvgIpc) is 3.57. The summed E-state index contributed by atoms with van der Waals surface area (Å²) in [6.45, 7) is 4.19. The second kappa shape index (κ2) is 17.9. The lowest BCUT2D eigenvalue weighted by atomic mass is 9.91. The highest BCUT2D eigenvalue weighted by molar-refractivity contribution is 8.78. The van der Waals surface area contributed by atoms with Crippen LogP contribution in [0.1, 0.15) is 86.4 Å².